The molecule has 6 heteroatoms. The molecule has 0 fully saturated rings. The molecular formula is C28H24N4OS. The first-order valence-corrected chi connectivity index (χ1v) is 12.1. The Labute approximate surface area is 203 Å². The quantitative estimate of drug-likeness (QED) is 0.272. The average Bonchev–Trinajstić information content (AvgIpc) is 3.53. The highest BCUT2D eigenvalue weighted by atomic mass is 32.1. The van der Waals surface area contributed by atoms with Crippen molar-refractivity contribution in [2.45, 2.75) is 32.8 Å². The van der Waals surface area contributed by atoms with Crippen molar-refractivity contribution < 1.29 is 4.74 Å². The Morgan fingerprint density at radius 2 is 1.94 bits per heavy atom. The molecule has 4 aromatic rings. The zero-order valence-electron chi connectivity index (χ0n) is 19.2. The lowest BCUT2D eigenvalue weighted by atomic mass is 9.94. The smallest absolute Gasteiger partial charge is 0.130 e. The monoisotopic (exact) mass is 464 g/mol. The summed E-state index contributed by atoms with van der Waals surface area (Å²) >= 11 is 1.73. The largest absolute Gasteiger partial charge is 0.487 e. The van der Waals surface area contributed by atoms with Crippen molar-refractivity contribution in [1.82, 2.24) is 4.98 Å². The normalized spacial score (nSPS) is 13.4. The van der Waals surface area contributed by atoms with E-state index in [0.717, 1.165) is 29.1 Å². The molecule has 1 aliphatic heterocycles. The van der Waals surface area contributed by atoms with E-state index in [9.17, 15) is 0 Å². The minimum Gasteiger partial charge on any atom is -0.487 e. The van der Waals surface area contributed by atoms with Gasteiger partial charge < -0.3 is 4.74 Å². The predicted octanol–water partition coefficient (Wildman–Crippen LogP) is 7.17. The molecule has 5 nitrogen and oxygen atoms in total. The van der Waals surface area contributed by atoms with Crippen LogP contribution in [0.3, 0.4) is 0 Å². The van der Waals surface area contributed by atoms with Gasteiger partial charge in [-0.25, -0.2) is 0 Å². The third-order valence-corrected chi connectivity index (χ3v) is 6.82. The Morgan fingerprint density at radius 1 is 1.09 bits per heavy atom. The number of aromatic nitrogens is 1. The highest BCUT2D eigenvalue weighted by molar-refractivity contribution is 7.17. The van der Waals surface area contributed by atoms with Gasteiger partial charge in [0.1, 0.15) is 18.9 Å². The lowest BCUT2D eigenvalue weighted by Crippen LogP contribution is -2.07. The van der Waals surface area contributed by atoms with Gasteiger partial charge in [0.25, 0.3) is 0 Å². The van der Waals surface area contributed by atoms with Crippen LogP contribution in [0.1, 0.15) is 36.1 Å². The summed E-state index contributed by atoms with van der Waals surface area (Å²) in [6.45, 7) is 4.99. The van der Waals surface area contributed by atoms with Crippen LogP contribution in [-0.4, -0.2) is 17.2 Å². The van der Waals surface area contributed by atoms with Gasteiger partial charge in [-0.15, -0.1) is 22.4 Å². The number of aryl methyl sites for hydroxylation is 1. The summed E-state index contributed by atoms with van der Waals surface area (Å²) < 4.78 is 7.25. The van der Waals surface area contributed by atoms with Gasteiger partial charge in [0.15, 0.2) is 0 Å². The van der Waals surface area contributed by atoms with E-state index < -0.39 is 0 Å². The number of fused-ring (bicyclic) bond motifs is 1. The number of ether oxygens (including phenoxy) is 1. The van der Waals surface area contributed by atoms with Crippen molar-refractivity contribution >= 4 is 27.1 Å². The first-order valence-electron chi connectivity index (χ1n) is 11.2. The van der Waals surface area contributed by atoms with Crippen molar-refractivity contribution in [2.75, 3.05) is 6.54 Å². The molecule has 1 atom stereocenters. The van der Waals surface area contributed by atoms with E-state index in [1.807, 2.05) is 25.3 Å². The number of nitrogens with zero attached hydrogens (tertiary/aromatic N) is 4. The Balaban J connectivity index is 1.30. The van der Waals surface area contributed by atoms with E-state index in [4.69, 9.17) is 4.74 Å². The first kappa shape index (κ1) is 22.0. The molecule has 34 heavy (non-hydrogen) atoms. The third-order valence-electron chi connectivity index (χ3n) is 5.88. The van der Waals surface area contributed by atoms with Crippen LogP contribution < -0.4 is 4.74 Å². The maximum Gasteiger partial charge on any atom is 0.130 e. The fraction of sp³-hybridized carbons (Fsp3) is 0.214. The Morgan fingerprint density at radius 3 is 2.71 bits per heavy atom. The molecule has 0 saturated heterocycles. The number of pyridine rings is 1. The van der Waals surface area contributed by atoms with Gasteiger partial charge in [-0.3, -0.25) is 4.98 Å². The van der Waals surface area contributed by atoms with E-state index >= 15 is 0 Å². The van der Waals surface area contributed by atoms with Crippen molar-refractivity contribution in [1.29, 1.82) is 0 Å². The molecule has 0 aliphatic carbocycles. The maximum absolute atomic E-state index is 6.07. The minimum atomic E-state index is 0.0730. The number of benzene rings is 2. The van der Waals surface area contributed by atoms with E-state index in [-0.39, 0.29) is 5.92 Å². The van der Waals surface area contributed by atoms with Crippen LogP contribution in [0.2, 0.25) is 0 Å². The van der Waals surface area contributed by atoms with Crippen molar-refractivity contribution in [2.24, 2.45) is 15.4 Å². The van der Waals surface area contributed by atoms with Crippen LogP contribution in [0.25, 0.3) is 21.2 Å². The Kier molecular flexibility index (Phi) is 6.46. The Bertz CT molecular complexity index is 1440. The molecule has 0 N–H and O–H groups in total. The average molecular weight is 465 g/mol. The van der Waals surface area contributed by atoms with Crippen LogP contribution >= 0.6 is 11.3 Å². The number of hydrogen-bond acceptors (Lipinski definition) is 6. The third kappa shape index (κ3) is 4.75. The summed E-state index contributed by atoms with van der Waals surface area (Å²) in [5.74, 6) is 7.18. The van der Waals surface area contributed by atoms with Gasteiger partial charge in [-0.1, -0.05) is 42.3 Å². The SMILES string of the molecule is CC#C[C@@H](CC1=NN=NC1)c1ccc(OCc2cc3c(-c4ccccc4C)csc3cn2)cc1. The van der Waals surface area contributed by atoms with Crippen LogP contribution in [-0.2, 0) is 6.61 Å². The highest BCUT2D eigenvalue weighted by Gasteiger charge is 2.15. The molecule has 0 radical (unpaired) electrons. The summed E-state index contributed by atoms with van der Waals surface area (Å²) in [6, 6.07) is 18.8. The van der Waals surface area contributed by atoms with Crippen LogP contribution in [0.5, 0.6) is 5.75 Å². The molecule has 0 spiro atoms. The number of thiophene rings is 1. The maximum atomic E-state index is 6.07. The molecule has 0 amide bonds. The predicted molar refractivity (Wildman–Crippen MR) is 139 cm³/mol. The van der Waals surface area contributed by atoms with Crippen LogP contribution in [0.4, 0.5) is 0 Å². The van der Waals surface area contributed by atoms with Gasteiger partial charge in [0, 0.05) is 23.6 Å². The van der Waals surface area contributed by atoms with Gasteiger partial charge in [0.05, 0.1) is 22.0 Å². The standard InChI is InChI=1S/C28H24N4OS/c1-3-6-21(13-22-15-30-32-31-22)20-9-11-24(12-10-20)33-17-23-14-26-27(18-34-28(26)16-29-23)25-8-5-4-7-19(25)2/h4-5,7-12,14,16,18,21H,13,15,17H2,1-2H3/t21-/m0/s1. The van der Waals surface area contributed by atoms with Gasteiger partial charge in [-0.2, -0.15) is 5.11 Å². The number of hydrogen-bond donors (Lipinski definition) is 0. The summed E-state index contributed by atoms with van der Waals surface area (Å²) in [5, 5.41) is 15.2. The Hall–Kier alpha value is -3.82. The molecule has 1 aliphatic rings. The van der Waals surface area contributed by atoms with Gasteiger partial charge >= 0.3 is 0 Å². The highest BCUT2D eigenvalue weighted by Crippen LogP contribution is 2.35. The molecule has 2 aromatic heterocycles. The summed E-state index contributed by atoms with van der Waals surface area (Å²) in [5.41, 5.74) is 6.79. The summed E-state index contributed by atoms with van der Waals surface area (Å²) in [7, 11) is 0. The van der Waals surface area contributed by atoms with Crippen molar-refractivity contribution in [3.05, 3.63) is 83.0 Å². The molecule has 5 rings (SSSR count). The minimum absolute atomic E-state index is 0.0730. The van der Waals surface area contributed by atoms with Crippen molar-refractivity contribution in [3.63, 3.8) is 0 Å². The van der Waals surface area contributed by atoms with Crippen LogP contribution in [0, 0.1) is 18.8 Å². The second-order valence-corrected chi connectivity index (χ2v) is 9.11. The fourth-order valence-corrected chi connectivity index (χ4v) is 5.01. The molecule has 0 saturated carbocycles. The zero-order chi connectivity index (χ0) is 23.3. The molecule has 3 heterocycles. The molecule has 168 valence electrons. The number of rotatable bonds is 7. The lowest BCUT2D eigenvalue weighted by molar-refractivity contribution is 0.301. The van der Waals surface area contributed by atoms with E-state index in [2.05, 4.69) is 87.0 Å². The van der Waals surface area contributed by atoms with Gasteiger partial charge in [-0.05, 0) is 59.3 Å². The second kappa shape index (κ2) is 9.98. The summed E-state index contributed by atoms with van der Waals surface area (Å²) in [6.07, 6.45) is 2.68. The first-order chi connectivity index (χ1) is 16.7. The lowest BCUT2D eigenvalue weighted by Gasteiger charge is -2.12. The molecule has 0 bridgehead atoms. The zero-order valence-corrected chi connectivity index (χ0v) is 20.0. The molecule has 2 aromatic carbocycles. The second-order valence-electron chi connectivity index (χ2n) is 8.20. The van der Waals surface area contributed by atoms with E-state index in [0.29, 0.717) is 13.2 Å². The molecule has 0 unspecified atom stereocenters. The molecular weight excluding hydrogens is 440 g/mol. The summed E-state index contributed by atoms with van der Waals surface area (Å²) in [4.78, 5) is 4.62. The van der Waals surface area contributed by atoms with Crippen LogP contribution in [0.15, 0.2) is 81.6 Å². The van der Waals surface area contributed by atoms with E-state index in [1.54, 1.807) is 11.3 Å². The van der Waals surface area contributed by atoms with E-state index in [1.165, 1.54) is 26.8 Å². The van der Waals surface area contributed by atoms with Gasteiger partial charge in [0.2, 0.25) is 0 Å². The topological polar surface area (TPSA) is 59.2 Å². The fourth-order valence-electron chi connectivity index (χ4n) is 4.10. The van der Waals surface area contributed by atoms with Crippen molar-refractivity contribution in [3.8, 4) is 28.7 Å².